The Morgan fingerprint density at radius 1 is 1.13 bits per heavy atom. The number of amides is 4. The average Bonchev–Trinajstić information content (AvgIpc) is 4.03. The van der Waals surface area contributed by atoms with Crippen LogP contribution in [0, 0.1) is 17.3 Å². The summed E-state index contributed by atoms with van der Waals surface area (Å²) in [5, 5.41) is 8.61. The van der Waals surface area contributed by atoms with Gasteiger partial charge in [-0.3, -0.25) is 29.2 Å². The normalized spacial score (nSPS) is 17.2. The van der Waals surface area contributed by atoms with Crippen molar-refractivity contribution in [2.24, 2.45) is 17.3 Å². The SMILES string of the molecule is C=CC(=O)N1CCC(C(=O)N(C)C(C(=O)NC(Cc2nc(-c3ccc4c(c3)c(CC(C)(C)CCC)c(-c3cccnc3C(C)OC)n4CC)cs2)C(=O)N2CCCCN2)C(C)C)C1. The van der Waals surface area contributed by atoms with Crippen LogP contribution in [0.2, 0.25) is 0 Å². The fraction of sp³-hybridized carbons (Fsp3) is 0.551. The van der Waals surface area contributed by atoms with Crippen molar-refractivity contribution in [2.45, 2.75) is 118 Å². The first-order valence-electron chi connectivity index (χ1n) is 22.7. The van der Waals surface area contributed by atoms with Crippen molar-refractivity contribution < 1.29 is 23.9 Å². The number of carbonyl (C=O) groups is 4. The maximum absolute atomic E-state index is 14.3. The Kier molecular flexibility index (Phi) is 15.6. The van der Waals surface area contributed by atoms with Gasteiger partial charge in [0, 0.05) is 86.9 Å². The van der Waals surface area contributed by atoms with E-state index in [0.717, 1.165) is 66.7 Å². The number of thiazole rings is 1. The first-order valence-corrected chi connectivity index (χ1v) is 23.6. The van der Waals surface area contributed by atoms with Gasteiger partial charge < -0.3 is 24.4 Å². The standard InChI is InChI=1S/C49H68N8O5S/c1-11-21-49(7,8)28-37-36-26-33(18-19-40(36)56(13-3)45(37)35-17-16-22-50-43(35)32(6)62-10)39-30-63-41(52-39)27-38(48(61)57-24-15-14-23-51-57)53-46(59)44(31(4)5)54(9)47(60)34-20-25-55(29-34)42(58)12-2/h12,16-19,22,26,30-32,34,38,44,51H,2,11,13-15,20-21,23-25,27-29H2,1,3-10H3,(H,53,59). The summed E-state index contributed by atoms with van der Waals surface area (Å²) in [6, 6.07) is 8.99. The molecule has 4 atom stereocenters. The molecule has 4 aromatic rings. The highest BCUT2D eigenvalue weighted by atomic mass is 32.1. The molecule has 4 unspecified atom stereocenters. The number of ether oxygens (including phenoxy) is 1. The molecule has 3 aromatic heterocycles. The molecule has 2 aliphatic heterocycles. The first-order chi connectivity index (χ1) is 30.1. The monoisotopic (exact) mass is 881 g/mol. The molecule has 63 heavy (non-hydrogen) atoms. The number of carbonyl (C=O) groups excluding carboxylic acids is 4. The highest BCUT2D eigenvalue weighted by Gasteiger charge is 2.39. The first kappa shape index (κ1) is 47.6. The van der Waals surface area contributed by atoms with Gasteiger partial charge in [0.15, 0.2) is 0 Å². The number of hydrogen-bond acceptors (Lipinski definition) is 9. The molecule has 0 radical (unpaired) electrons. The maximum atomic E-state index is 14.3. The number of fused-ring (bicyclic) bond motifs is 1. The number of hydrogen-bond donors (Lipinski definition) is 2. The quantitative estimate of drug-likeness (QED) is 0.0975. The molecule has 2 N–H and O–H groups in total. The van der Waals surface area contributed by atoms with E-state index in [-0.39, 0.29) is 48.1 Å². The smallest absolute Gasteiger partial charge is 0.259 e. The molecular formula is C49H68N8O5S. The molecule has 0 saturated carbocycles. The summed E-state index contributed by atoms with van der Waals surface area (Å²) < 4.78 is 8.22. The minimum atomic E-state index is -0.918. The van der Waals surface area contributed by atoms with Crippen molar-refractivity contribution >= 4 is 45.9 Å². The Bertz CT molecular complexity index is 2280. The fourth-order valence-electron chi connectivity index (χ4n) is 9.57. The zero-order valence-corrected chi connectivity index (χ0v) is 39.6. The summed E-state index contributed by atoms with van der Waals surface area (Å²) in [5.41, 5.74) is 10.6. The molecule has 14 heteroatoms. The van der Waals surface area contributed by atoms with Gasteiger partial charge in [-0.1, -0.05) is 53.7 Å². The number of aryl methyl sites for hydroxylation is 1. The highest BCUT2D eigenvalue weighted by Crippen LogP contribution is 2.42. The van der Waals surface area contributed by atoms with Crippen LogP contribution in [0.4, 0.5) is 0 Å². The van der Waals surface area contributed by atoms with E-state index in [1.165, 1.54) is 39.0 Å². The van der Waals surface area contributed by atoms with Gasteiger partial charge >= 0.3 is 0 Å². The van der Waals surface area contributed by atoms with Gasteiger partial charge in [-0.2, -0.15) is 0 Å². The number of hydrazine groups is 1. The summed E-state index contributed by atoms with van der Waals surface area (Å²) in [7, 11) is 3.36. The molecule has 4 amide bonds. The average molecular weight is 881 g/mol. The van der Waals surface area contributed by atoms with E-state index < -0.39 is 23.9 Å². The van der Waals surface area contributed by atoms with Crippen LogP contribution in [-0.2, 0) is 43.3 Å². The van der Waals surface area contributed by atoms with Crippen LogP contribution in [0.3, 0.4) is 0 Å². The Labute approximate surface area is 377 Å². The number of nitrogens with one attached hydrogen (secondary N) is 2. The predicted octanol–water partition coefficient (Wildman–Crippen LogP) is 7.59. The molecular weight excluding hydrogens is 813 g/mol. The maximum Gasteiger partial charge on any atom is 0.259 e. The lowest BCUT2D eigenvalue weighted by Gasteiger charge is -2.35. The molecule has 340 valence electrons. The van der Waals surface area contributed by atoms with E-state index in [2.05, 4.69) is 73.8 Å². The van der Waals surface area contributed by atoms with Crippen LogP contribution in [0.25, 0.3) is 33.4 Å². The highest BCUT2D eigenvalue weighted by molar-refractivity contribution is 7.10. The molecule has 2 aliphatic rings. The number of methoxy groups -OCH3 is 1. The Morgan fingerprint density at radius 3 is 2.57 bits per heavy atom. The van der Waals surface area contributed by atoms with Crippen LogP contribution >= 0.6 is 11.3 Å². The summed E-state index contributed by atoms with van der Waals surface area (Å²) >= 11 is 1.47. The van der Waals surface area contributed by atoms with Crippen molar-refractivity contribution in [3.8, 4) is 22.5 Å². The van der Waals surface area contributed by atoms with E-state index in [1.807, 2.05) is 38.4 Å². The number of pyridine rings is 1. The second-order valence-corrected chi connectivity index (χ2v) is 19.3. The fourth-order valence-corrected chi connectivity index (χ4v) is 10.4. The van der Waals surface area contributed by atoms with E-state index >= 15 is 0 Å². The third-order valence-corrected chi connectivity index (χ3v) is 13.7. The lowest BCUT2D eigenvalue weighted by molar-refractivity contribution is -0.145. The number of rotatable bonds is 18. The molecule has 2 saturated heterocycles. The molecule has 5 heterocycles. The number of likely N-dealkylation sites (N-methyl/N-ethyl adjacent to an activating group) is 1. The molecule has 2 fully saturated rings. The van der Waals surface area contributed by atoms with Crippen LogP contribution in [0.15, 0.2) is 54.6 Å². The zero-order chi connectivity index (χ0) is 45.6. The summed E-state index contributed by atoms with van der Waals surface area (Å²) in [6.07, 6.45) is 8.47. The minimum absolute atomic E-state index is 0.0465. The number of likely N-dealkylation sites (tertiary alicyclic amines) is 1. The van der Waals surface area contributed by atoms with Crippen molar-refractivity contribution in [1.29, 1.82) is 0 Å². The second-order valence-electron chi connectivity index (χ2n) is 18.3. The van der Waals surface area contributed by atoms with Gasteiger partial charge in [0.1, 0.15) is 12.1 Å². The summed E-state index contributed by atoms with van der Waals surface area (Å²) in [6.45, 7) is 21.3. The van der Waals surface area contributed by atoms with Crippen LogP contribution in [0.1, 0.15) is 103 Å². The van der Waals surface area contributed by atoms with E-state index in [1.54, 1.807) is 24.1 Å². The van der Waals surface area contributed by atoms with Gasteiger partial charge in [0.05, 0.1) is 34.1 Å². The van der Waals surface area contributed by atoms with Gasteiger partial charge in [-0.05, 0) is 93.2 Å². The molecule has 0 bridgehead atoms. The Hall–Kier alpha value is -4.92. The second kappa shape index (κ2) is 20.7. The molecule has 0 spiro atoms. The van der Waals surface area contributed by atoms with Crippen molar-refractivity contribution in [3.63, 3.8) is 0 Å². The van der Waals surface area contributed by atoms with Crippen molar-refractivity contribution in [2.75, 3.05) is 40.3 Å². The number of nitrogens with zero attached hydrogens (tertiary/aromatic N) is 6. The van der Waals surface area contributed by atoms with Gasteiger partial charge in [0.25, 0.3) is 5.91 Å². The zero-order valence-electron chi connectivity index (χ0n) is 38.8. The third kappa shape index (κ3) is 10.6. The lowest BCUT2D eigenvalue weighted by Crippen LogP contribution is -2.59. The number of benzene rings is 1. The van der Waals surface area contributed by atoms with Gasteiger partial charge in [0.2, 0.25) is 17.7 Å². The molecule has 1 aromatic carbocycles. The third-order valence-electron chi connectivity index (χ3n) is 12.8. The largest absolute Gasteiger partial charge is 0.375 e. The van der Waals surface area contributed by atoms with Crippen LogP contribution < -0.4 is 10.7 Å². The summed E-state index contributed by atoms with van der Waals surface area (Å²) in [4.78, 5) is 67.6. The van der Waals surface area contributed by atoms with Crippen LogP contribution in [-0.4, -0.2) is 105 Å². The van der Waals surface area contributed by atoms with Gasteiger partial charge in [-0.25, -0.2) is 10.4 Å². The van der Waals surface area contributed by atoms with Gasteiger partial charge in [-0.15, -0.1) is 11.3 Å². The Balaban J connectivity index is 1.32. The summed E-state index contributed by atoms with van der Waals surface area (Å²) in [5.74, 6) is -1.72. The predicted molar refractivity (Wildman–Crippen MR) is 251 cm³/mol. The topological polar surface area (TPSA) is 142 Å². The minimum Gasteiger partial charge on any atom is -0.375 e. The van der Waals surface area contributed by atoms with E-state index in [4.69, 9.17) is 14.7 Å². The van der Waals surface area contributed by atoms with Crippen molar-refractivity contribution in [3.05, 3.63) is 70.8 Å². The molecule has 6 rings (SSSR count). The Morgan fingerprint density at radius 2 is 1.90 bits per heavy atom. The van der Waals surface area contributed by atoms with Crippen molar-refractivity contribution in [1.82, 2.24) is 40.1 Å². The van der Waals surface area contributed by atoms with E-state index in [9.17, 15) is 19.2 Å². The number of aromatic nitrogens is 3. The molecule has 0 aliphatic carbocycles. The lowest BCUT2D eigenvalue weighted by atomic mass is 9.80. The van der Waals surface area contributed by atoms with E-state index in [0.29, 0.717) is 31.1 Å². The van der Waals surface area contributed by atoms with Crippen LogP contribution in [0.5, 0.6) is 0 Å². The molecule has 13 nitrogen and oxygen atoms in total.